The number of carbonyl (C=O) groups is 1. The zero-order valence-electron chi connectivity index (χ0n) is 21.5. The van der Waals surface area contributed by atoms with E-state index in [2.05, 4.69) is 18.1 Å². The van der Waals surface area contributed by atoms with Crippen LogP contribution in [0.2, 0.25) is 0 Å². The maximum Gasteiger partial charge on any atom is 0.340 e. The maximum absolute atomic E-state index is 13.3. The van der Waals surface area contributed by atoms with Gasteiger partial charge < -0.3 is 25.2 Å². The molecule has 186 valence electrons. The first-order chi connectivity index (χ1) is 17.2. The molecule has 0 radical (unpaired) electrons. The van der Waals surface area contributed by atoms with Gasteiger partial charge in [0.25, 0.3) is 0 Å². The van der Waals surface area contributed by atoms with E-state index in [-0.39, 0.29) is 5.97 Å². The highest BCUT2D eigenvalue weighted by atomic mass is 16.6. The van der Waals surface area contributed by atoms with E-state index in [4.69, 9.17) is 10.5 Å². The molecule has 0 bridgehead atoms. The minimum atomic E-state index is -1.16. The molecule has 0 spiro atoms. The van der Waals surface area contributed by atoms with Crippen LogP contribution in [0.1, 0.15) is 27.0 Å². The van der Waals surface area contributed by atoms with Crippen LogP contribution in [-0.2, 0) is 10.3 Å². The fraction of sp³-hybridized carbons (Fsp3) is 0.233. The summed E-state index contributed by atoms with van der Waals surface area (Å²) in [4.78, 5) is 19.4. The fourth-order valence-corrected chi connectivity index (χ4v) is 4.76. The van der Waals surface area contributed by atoms with E-state index >= 15 is 0 Å². The molecule has 1 aliphatic rings. The second-order valence-corrected chi connectivity index (χ2v) is 9.39. The molecule has 0 aliphatic carbocycles. The van der Waals surface area contributed by atoms with E-state index in [9.17, 15) is 4.79 Å². The monoisotopic (exact) mass is 482 g/mol. The van der Waals surface area contributed by atoms with Gasteiger partial charge in [-0.3, -0.25) is 0 Å². The van der Waals surface area contributed by atoms with E-state index < -0.39 is 5.60 Å². The number of carbonyl (C=O) groups excluding carboxylic acids is 1. The summed E-state index contributed by atoms with van der Waals surface area (Å²) < 4.78 is 6.31. The molecule has 1 atom stereocenters. The molecule has 1 unspecified atom stereocenters. The van der Waals surface area contributed by atoms with Crippen LogP contribution in [0.4, 0.5) is 22.7 Å². The lowest BCUT2D eigenvalue weighted by Crippen LogP contribution is -2.31. The third-order valence-electron chi connectivity index (χ3n) is 6.63. The number of hydrogen-bond acceptors (Lipinski definition) is 6. The largest absolute Gasteiger partial charge is 0.440 e. The van der Waals surface area contributed by atoms with Crippen LogP contribution in [0.5, 0.6) is 0 Å². The van der Waals surface area contributed by atoms with Gasteiger partial charge in [-0.25, -0.2) is 4.79 Å². The molecule has 36 heavy (non-hydrogen) atoms. The van der Waals surface area contributed by atoms with Crippen LogP contribution in [0.25, 0.3) is 0 Å². The van der Waals surface area contributed by atoms with Gasteiger partial charge in [-0.05, 0) is 36.4 Å². The zero-order chi connectivity index (χ0) is 26.0. The smallest absolute Gasteiger partial charge is 0.340 e. The van der Waals surface area contributed by atoms with Crippen molar-refractivity contribution in [2.45, 2.75) is 5.60 Å². The van der Waals surface area contributed by atoms with Crippen molar-refractivity contribution in [3.8, 4) is 0 Å². The molecule has 1 heterocycles. The number of rotatable bonds is 9. The number of cyclic esters (lactones) is 1. The van der Waals surface area contributed by atoms with Crippen molar-refractivity contribution in [2.24, 2.45) is 0 Å². The highest BCUT2D eigenvalue weighted by Gasteiger charge is 2.49. The number of hydrogen-bond donors (Lipinski definition) is 1. The lowest BCUT2D eigenvalue weighted by molar-refractivity contribution is 0.0254. The molecule has 6 heteroatoms. The van der Waals surface area contributed by atoms with E-state index in [1.807, 2.05) is 111 Å². The highest BCUT2D eigenvalue weighted by molar-refractivity contribution is 5.98. The third-order valence-corrected chi connectivity index (χ3v) is 6.63. The van der Waals surface area contributed by atoms with Crippen molar-refractivity contribution in [3.05, 3.63) is 108 Å². The van der Waals surface area contributed by atoms with Crippen LogP contribution < -0.4 is 20.4 Å². The van der Waals surface area contributed by atoms with Crippen molar-refractivity contribution >= 4 is 28.7 Å². The van der Waals surface area contributed by atoms with Crippen molar-refractivity contribution in [2.75, 3.05) is 61.7 Å². The number of anilines is 4. The lowest BCUT2D eigenvalue weighted by Gasteiger charge is -2.32. The average molecular weight is 483 g/mol. The Labute approximate surface area is 213 Å². The maximum atomic E-state index is 13.3. The second kappa shape index (κ2) is 9.82. The Balaban J connectivity index is 1.93. The Kier molecular flexibility index (Phi) is 6.80. The molecule has 3 aromatic rings. The summed E-state index contributed by atoms with van der Waals surface area (Å²) in [6.45, 7) is 9.12. The van der Waals surface area contributed by atoms with Crippen LogP contribution >= 0.6 is 0 Å². The summed E-state index contributed by atoms with van der Waals surface area (Å²) >= 11 is 0. The SMILES string of the molecule is C=CCN(CC=C)c1ccc(C2(c3ccc(N(C)C)cc3N)OC(=O)c3cc(N(C)C)ccc32)cc1. The van der Waals surface area contributed by atoms with E-state index in [0.717, 1.165) is 33.8 Å². The first-order valence-corrected chi connectivity index (χ1v) is 11.9. The third kappa shape index (κ3) is 4.19. The van der Waals surface area contributed by atoms with Crippen LogP contribution in [0.3, 0.4) is 0 Å². The first-order valence-electron chi connectivity index (χ1n) is 11.9. The minimum absolute atomic E-state index is 0.367. The summed E-state index contributed by atoms with van der Waals surface area (Å²) in [5.74, 6) is -0.367. The topological polar surface area (TPSA) is 62.0 Å². The fourth-order valence-electron chi connectivity index (χ4n) is 4.76. The number of nitrogen functional groups attached to an aromatic ring is 1. The van der Waals surface area contributed by atoms with Crippen molar-refractivity contribution in [3.63, 3.8) is 0 Å². The van der Waals surface area contributed by atoms with Crippen LogP contribution in [-0.4, -0.2) is 47.2 Å². The van der Waals surface area contributed by atoms with Crippen molar-refractivity contribution < 1.29 is 9.53 Å². The Morgan fingerprint density at radius 3 is 1.86 bits per heavy atom. The quantitative estimate of drug-likeness (QED) is 0.262. The summed E-state index contributed by atoms with van der Waals surface area (Å²) in [5, 5.41) is 0. The molecule has 3 aromatic carbocycles. The molecule has 0 saturated carbocycles. The Hall–Kier alpha value is -4.19. The van der Waals surface area contributed by atoms with Crippen molar-refractivity contribution in [1.29, 1.82) is 0 Å². The predicted octanol–water partition coefficient (Wildman–Crippen LogP) is 5.04. The van der Waals surface area contributed by atoms with Gasteiger partial charge in [-0.2, -0.15) is 0 Å². The molecule has 0 aromatic heterocycles. The van der Waals surface area contributed by atoms with Crippen LogP contribution in [0.15, 0.2) is 86.0 Å². The Morgan fingerprint density at radius 1 is 0.806 bits per heavy atom. The first kappa shape index (κ1) is 24.9. The summed E-state index contributed by atoms with van der Waals surface area (Å²) in [6, 6.07) is 19.8. The number of benzene rings is 3. The van der Waals surface area contributed by atoms with Gasteiger partial charge in [0.15, 0.2) is 5.60 Å². The number of esters is 1. The van der Waals surface area contributed by atoms with Gasteiger partial charge >= 0.3 is 5.97 Å². The molecular formula is C30H34N4O2. The van der Waals surface area contributed by atoms with Gasteiger partial charge in [-0.1, -0.05) is 36.4 Å². The highest BCUT2D eigenvalue weighted by Crippen LogP contribution is 2.50. The summed E-state index contributed by atoms with van der Waals surface area (Å²) in [5.41, 5.74) is 11.9. The number of fused-ring (bicyclic) bond motifs is 1. The van der Waals surface area contributed by atoms with Gasteiger partial charge in [0.05, 0.1) is 5.56 Å². The van der Waals surface area contributed by atoms with Gasteiger partial charge in [0.2, 0.25) is 0 Å². The number of ether oxygens (including phenoxy) is 1. The molecule has 0 saturated heterocycles. The molecular weight excluding hydrogens is 448 g/mol. The van der Waals surface area contributed by atoms with Crippen molar-refractivity contribution in [1.82, 2.24) is 0 Å². The summed E-state index contributed by atoms with van der Waals surface area (Å²) in [7, 11) is 7.83. The van der Waals surface area contributed by atoms with E-state index in [0.29, 0.717) is 24.3 Å². The van der Waals surface area contributed by atoms with Gasteiger partial charge in [0, 0.05) is 80.7 Å². The molecule has 6 nitrogen and oxygen atoms in total. The molecule has 0 amide bonds. The minimum Gasteiger partial charge on any atom is -0.440 e. The lowest BCUT2D eigenvalue weighted by atomic mass is 9.79. The second-order valence-electron chi connectivity index (χ2n) is 9.39. The number of nitrogens with two attached hydrogens (primary N) is 1. The van der Waals surface area contributed by atoms with E-state index in [1.165, 1.54) is 0 Å². The van der Waals surface area contributed by atoms with E-state index in [1.54, 1.807) is 0 Å². The zero-order valence-corrected chi connectivity index (χ0v) is 21.5. The van der Waals surface area contributed by atoms with Gasteiger partial charge in [0.1, 0.15) is 0 Å². The normalized spacial score (nSPS) is 16.2. The average Bonchev–Trinajstić information content (AvgIpc) is 3.16. The molecule has 0 fully saturated rings. The molecule has 1 aliphatic heterocycles. The Bertz CT molecular complexity index is 1290. The van der Waals surface area contributed by atoms with Gasteiger partial charge in [-0.15, -0.1) is 13.2 Å². The molecule has 4 rings (SSSR count). The predicted molar refractivity (Wildman–Crippen MR) is 150 cm³/mol. The molecule has 2 N–H and O–H groups in total. The summed E-state index contributed by atoms with van der Waals surface area (Å²) in [6.07, 6.45) is 3.73. The van der Waals surface area contributed by atoms with Crippen LogP contribution in [0, 0.1) is 0 Å². The number of nitrogens with zero attached hydrogens (tertiary/aromatic N) is 3. The standard InChI is InChI=1S/C30H34N4O2/c1-7-17-34(18-8-2)22-11-9-21(10-12-22)30(27-16-14-24(33(5)6)20-28(27)31)26-15-13-23(32(3)4)19-25(26)29(35)36-30/h7-16,19-20H,1-2,17-18,31H2,3-6H3. The Morgan fingerprint density at radius 2 is 1.33 bits per heavy atom.